The standard InChI is InChI=1S/C17H16BrN3/c1-11-7-12(2)9-13(8-11)17-16(19)10-21(20-17)15-5-3-14(18)4-6-15/h3-10H,19H2,1-2H3. The summed E-state index contributed by atoms with van der Waals surface area (Å²) in [5.74, 6) is 0. The van der Waals surface area contributed by atoms with E-state index in [-0.39, 0.29) is 0 Å². The van der Waals surface area contributed by atoms with E-state index in [4.69, 9.17) is 5.73 Å². The van der Waals surface area contributed by atoms with E-state index in [9.17, 15) is 0 Å². The van der Waals surface area contributed by atoms with Gasteiger partial charge in [-0.3, -0.25) is 0 Å². The van der Waals surface area contributed by atoms with Crippen LogP contribution in [0.15, 0.2) is 53.1 Å². The van der Waals surface area contributed by atoms with Crippen molar-refractivity contribution in [2.24, 2.45) is 0 Å². The number of nitrogens with zero attached hydrogens (tertiary/aromatic N) is 2. The minimum Gasteiger partial charge on any atom is -0.396 e. The summed E-state index contributed by atoms with van der Waals surface area (Å²) in [4.78, 5) is 0. The summed E-state index contributed by atoms with van der Waals surface area (Å²) in [7, 11) is 0. The molecule has 3 aromatic rings. The summed E-state index contributed by atoms with van der Waals surface area (Å²) in [6.45, 7) is 4.16. The third kappa shape index (κ3) is 2.85. The fourth-order valence-electron chi connectivity index (χ4n) is 2.45. The van der Waals surface area contributed by atoms with Crippen molar-refractivity contribution < 1.29 is 0 Å². The van der Waals surface area contributed by atoms with Crippen molar-refractivity contribution in [3.8, 4) is 16.9 Å². The quantitative estimate of drug-likeness (QED) is 0.745. The van der Waals surface area contributed by atoms with Crippen LogP contribution in [0.5, 0.6) is 0 Å². The predicted octanol–water partition coefficient (Wildman–Crippen LogP) is 4.50. The van der Waals surface area contributed by atoms with Crippen LogP contribution in [-0.2, 0) is 0 Å². The highest BCUT2D eigenvalue weighted by Gasteiger charge is 2.10. The van der Waals surface area contributed by atoms with E-state index in [1.54, 1.807) is 0 Å². The van der Waals surface area contributed by atoms with Gasteiger partial charge in [0.1, 0.15) is 5.69 Å². The van der Waals surface area contributed by atoms with E-state index in [1.807, 2.05) is 35.1 Å². The molecule has 0 bridgehead atoms. The first-order chi connectivity index (χ1) is 10.0. The maximum absolute atomic E-state index is 6.15. The molecule has 0 fully saturated rings. The van der Waals surface area contributed by atoms with Gasteiger partial charge in [0.05, 0.1) is 17.6 Å². The number of aromatic nitrogens is 2. The number of hydrogen-bond donors (Lipinski definition) is 1. The topological polar surface area (TPSA) is 43.8 Å². The molecule has 0 atom stereocenters. The summed E-state index contributed by atoms with van der Waals surface area (Å²) >= 11 is 3.44. The first-order valence-electron chi connectivity index (χ1n) is 6.73. The van der Waals surface area contributed by atoms with Crippen molar-refractivity contribution in [3.05, 3.63) is 64.3 Å². The molecule has 0 spiro atoms. The van der Waals surface area contributed by atoms with Crippen molar-refractivity contribution in [1.82, 2.24) is 9.78 Å². The zero-order valence-electron chi connectivity index (χ0n) is 12.0. The van der Waals surface area contributed by atoms with Gasteiger partial charge in [0.25, 0.3) is 0 Å². The fraction of sp³-hybridized carbons (Fsp3) is 0.118. The van der Waals surface area contributed by atoms with Gasteiger partial charge in [-0.25, -0.2) is 4.68 Å². The van der Waals surface area contributed by atoms with Crippen molar-refractivity contribution in [2.75, 3.05) is 5.73 Å². The predicted molar refractivity (Wildman–Crippen MR) is 90.6 cm³/mol. The minimum atomic E-state index is 0.683. The normalized spacial score (nSPS) is 10.8. The molecule has 1 aromatic heterocycles. The third-order valence-electron chi connectivity index (χ3n) is 3.33. The molecule has 21 heavy (non-hydrogen) atoms. The van der Waals surface area contributed by atoms with Crippen LogP contribution in [0.25, 0.3) is 16.9 Å². The molecule has 2 aromatic carbocycles. The largest absolute Gasteiger partial charge is 0.396 e. The van der Waals surface area contributed by atoms with Crippen LogP contribution in [0.2, 0.25) is 0 Å². The van der Waals surface area contributed by atoms with E-state index in [0.717, 1.165) is 21.4 Å². The second kappa shape index (κ2) is 5.37. The average Bonchev–Trinajstić information content (AvgIpc) is 2.80. The van der Waals surface area contributed by atoms with E-state index in [2.05, 4.69) is 53.1 Å². The van der Waals surface area contributed by atoms with Crippen molar-refractivity contribution in [1.29, 1.82) is 0 Å². The molecule has 0 aliphatic heterocycles. The molecule has 0 saturated carbocycles. The molecule has 106 valence electrons. The molecule has 0 amide bonds. The first kappa shape index (κ1) is 13.9. The number of aryl methyl sites for hydroxylation is 2. The Kier molecular flexibility index (Phi) is 3.55. The van der Waals surface area contributed by atoms with Gasteiger partial charge in [0, 0.05) is 10.0 Å². The Morgan fingerprint density at radius 3 is 2.24 bits per heavy atom. The summed E-state index contributed by atoms with van der Waals surface area (Å²) in [6.07, 6.45) is 1.86. The molecular formula is C17H16BrN3. The number of benzene rings is 2. The molecule has 0 aliphatic rings. The lowest BCUT2D eigenvalue weighted by atomic mass is 10.0. The van der Waals surface area contributed by atoms with Crippen LogP contribution in [0.4, 0.5) is 5.69 Å². The lowest BCUT2D eigenvalue weighted by molar-refractivity contribution is 0.884. The Labute approximate surface area is 132 Å². The van der Waals surface area contributed by atoms with Gasteiger partial charge in [-0.15, -0.1) is 0 Å². The number of anilines is 1. The smallest absolute Gasteiger partial charge is 0.116 e. The van der Waals surface area contributed by atoms with Crippen LogP contribution < -0.4 is 5.73 Å². The van der Waals surface area contributed by atoms with Crippen molar-refractivity contribution >= 4 is 21.6 Å². The minimum absolute atomic E-state index is 0.683. The van der Waals surface area contributed by atoms with Crippen LogP contribution >= 0.6 is 15.9 Å². The Bertz CT molecular complexity index is 768. The molecule has 2 N–H and O–H groups in total. The molecule has 3 rings (SSSR count). The van der Waals surface area contributed by atoms with Gasteiger partial charge in [0.15, 0.2) is 0 Å². The second-order valence-electron chi connectivity index (χ2n) is 5.23. The van der Waals surface area contributed by atoms with E-state index < -0.39 is 0 Å². The number of nitrogens with two attached hydrogens (primary N) is 1. The summed E-state index contributed by atoms with van der Waals surface area (Å²) in [6, 6.07) is 14.3. The number of halogens is 1. The van der Waals surface area contributed by atoms with Crippen LogP contribution in [0, 0.1) is 13.8 Å². The van der Waals surface area contributed by atoms with Crippen molar-refractivity contribution in [3.63, 3.8) is 0 Å². The number of nitrogen functional groups attached to an aromatic ring is 1. The molecule has 0 saturated heterocycles. The summed E-state index contributed by atoms with van der Waals surface area (Å²) < 4.78 is 2.86. The number of rotatable bonds is 2. The van der Waals surface area contributed by atoms with Crippen molar-refractivity contribution in [2.45, 2.75) is 13.8 Å². The van der Waals surface area contributed by atoms with Gasteiger partial charge in [-0.1, -0.05) is 33.1 Å². The van der Waals surface area contributed by atoms with E-state index in [0.29, 0.717) is 5.69 Å². The lowest BCUT2D eigenvalue weighted by Gasteiger charge is -2.03. The highest BCUT2D eigenvalue weighted by Crippen LogP contribution is 2.27. The summed E-state index contributed by atoms with van der Waals surface area (Å²) in [5, 5.41) is 4.64. The van der Waals surface area contributed by atoms with E-state index >= 15 is 0 Å². The van der Waals surface area contributed by atoms with Gasteiger partial charge >= 0.3 is 0 Å². The first-order valence-corrected chi connectivity index (χ1v) is 7.52. The highest BCUT2D eigenvalue weighted by molar-refractivity contribution is 9.10. The number of hydrogen-bond acceptors (Lipinski definition) is 2. The second-order valence-corrected chi connectivity index (χ2v) is 6.15. The molecule has 0 aliphatic carbocycles. The molecule has 0 radical (unpaired) electrons. The zero-order chi connectivity index (χ0) is 15.0. The molecule has 3 nitrogen and oxygen atoms in total. The highest BCUT2D eigenvalue weighted by atomic mass is 79.9. The zero-order valence-corrected chi connectivity index (χ0v) is 13.6. The van der Waals surface area contributed by atoms with E-state index in [1.165, 1.54) is 11.1 Å². The molecule has 1 heterocycles. The van der Waals surface area contributed by atoms with Crippen LogP contribution in [-0.4, -0.2) is 9.78 Å². The Morgan fingerprint density at radius 1 is 1.00 bits per heavy atom. The maximum Gasteiger partial charge on any atom is 0.116 e. The SMILES string of the molecule is Cc1cc(C)cc(-c2nn(-c3ccc(Br)cc3)cc2N)c1. The van der Waals surface area contributed by atoms with Crippen LogP contribution in [0.3, 0.4) is 0 Å². The monoisotopic (exact) mass is 341 g/mol. The fourth-order valence-corrected chi connectivity index (χ4v) is 2.71. The Morgan fingerprint density at radius 2 is 1.62 bits per heavy atom. The van der Waals surface area contributed by atoms with Gasteiger partial charge in [-0.2, -0.15) is 5.10 Å². The third-order valence-corrected chi connectivity index (χ3v) is 3.86. The molecular weight excluding hydrogens is 326 g/mol. The average molecular weight is 342 g/mol. The van der Waals surface area contributed by atoms with Gasteiger partial charge in [-0.05, 0) is 50.2 Å². The Balaban J connectivity index is 2.07. The van der Waals surface area contributed by atoms with Gasteiger partial charge in [0.2, 0.25) is 0 Å². The van der Waals surface area contributed by atoms with Gasteiger partial charge < -0.3 is 5.73 Å². The summed E-state index contributed by atoms with van der Waals surface area (Å²) in [5.41, 5.74) is 12.1. The molecule has 0 unspecified atom stereocenters. The Hall–Kier alpha value is -2.07. The molecule has 4 heteroatoms. The van der Waals surface area contributed by atoms with Crippen LogP contribution in [0.1, 0.15) is 11.1 Å². The maximum atomic E-state index is 6.15. The lowest BCUT2D eigenvalue weighted by Crippen LogP contribution is -1.94.